The Bertz CT molecular complexity index is 730. The van der Waals surface area contributed by atoms with E-state index in [4.69, 9.17) is 9.72 Å². The summed E-state index contributed by atoms with van der Waals surface area (Å²) in [5.74, 6) is 2.48. The monoisotopic (exact) mass is 356 g/mol. The van der Waals surface area contributed by atoms with Gasteiger partial charge in [-0.25, -0.2) is 4.98 Å². The lowest BCUT2D eigenvalue weighted by Crippen LogP contribution is -2.19. The molecule has 0 amide bonds. The summed E-state index contributed by atoms with van der Waals surface area (Å²) in [5.41, 5.74) is 3.01. The van der Waals surface area contributed by atoms with Gasteiger partial charge in [0.2, 0.25) is 0 Å². The fourth-order valence-electron chi connectivity index (χ4n) is 3.71. The summed E-state index contributed by atoms with van der Waals surface area (Å²) in [4.78, 5) is 8.26. The molecule has 2 aromatic rings. The number of aromatic nitrogens is 2. The normalized spacial score (nSPS) is 16.8. The molecule has 3 rings (SSSR count). The number of imidazole rings is 1. The molecule has 0 spiro atoms. The summed E-state index contributed by atoms with van der Waals surface area (Å²) in [7, 11) is 0. The summed E-state index contributed by atoms with van der Waals surface area (Å²) >= 11 is 0. The van der Waals surface area contributed by atoms with Crippen LogP contribution in [0.1, 0.15) is 89.4 Å². The van der Waals surface area contributed by atoms with Crippen molar-refractivity contribution in [3.63, 3.8) is 0 Å². The fraction of sp³-hybridized carbons (Fsp3) is 0.591. The highest BCUT2D eigenvalue weighted by molar-refractivity contribution is 5.66. The van der Waals surface area contributed by atoms with Crippen molar-refractivity contribution in [1.82, 2.24) is 9.97 Å². The van der Waals surface area contributed by atoms with E-state index in [1.165, 1.54) is 25.0 Å². The van der Waals surface area contributed by atoms with E-state index >= 15 is 0 Å². The van der Waals surface area contributed by atoms with E-state index in [1.54, 1.807) is 6.07 Å². The predicted octanol–water partition coefficient (Wildman–Crippen LogP) is 6.13. The number of nitrogens with zero attached hydrogens (tertiary/aromatic N) is 1. The van der Waals surface area contributed by atoms with Gasteiger partial charge in [-0.15, -0.1) is 0 Å². The Morgan fingerprint density at radius 1 is 1.19 bits per heavy atom. The van der Waals surface area contributed by atoms with E-state index in [1.807, 2.05) is 12.1 Å². The van der Waals surface area contributed by atoms with Gasteiger partial charge in [0.25, 0.3) is 0 Å². The largest absolute Gasteiger partial charge is 0.507 e. The number of nitrogens with one attached hydrogen (secondary N) is 1. The predicted molar refractivity (Wildman–Crippen MR) is 106 cm³/mol. The van der Waals surface area contributed by atoms with Gasteiger partial charge >= 0.3 is 0 Å². The molecule has 142 valence electrons. The molecule has 0 saturated heterocycles. The summed E-state index contributed by atoms with van der Waals surface area (Å²) in [6.45, 7) is 8.72. The molecule has 1 aromatic heterocycles. The van der Waals surface area contributed by atoms with Crippen LogP contribution >= 0.6 is 0 Å². The molecule has 2 N–H and O–H groups in total. The third-order valence-electron chi connectivity index (χ3n) is 5.49. The topological polar surface area (TPSA) is 58.1 Å². The van der Waals surface area contributed by atoms with Crippen molar-refractivity contribution in [3.05, 3.63) is 29.6 Å². The Kier molecular flexibility index (Phi) is 5.90. The van der Waals surface area contributed by atoms with Crippen molar-refractivity contribution >= 4 is 0 Å². The maximum absolute atomic E-state index is 10.6. The maximum Gasteiger partial charge on any atom is 0.141 e. The van der Waals surface area contributed by atoms with Crippen LogP contribution in [0.3, 0.4) is 0 Å². The highest BCUT2D eigenvalue weighted by Crippen LogP contribution is 2.35. The number of hydrogen-bond donors (Lipinski definition) is 2. The van der Waals surface area contributed by atoms with Crippen LogP contribution in [0.4, 0.5) is 0 Å². The molecule has 4 nitrogen and oxygen atoms in total. The van der Waals surface area contributed by atoms with Gasteiger partial charge < -0.3 is 14.8 Å². The Balaban J connectivity index is 1.85. The van der Waals surface area contributed by atoms with Crippen LogP contribution in [-0.2, 0) is 0 Å². The van der Waals surface area contributed by atoms with Crippen molar-refractivity contribution < 1.29 is 9.84 Å². The van der Waals surface area contributed by atoms with Crippen LogP contribution in [0.2, 0.25) is 0 Å². The molecule has 1 fully saturated rings. The van der Waals surface area contributed by atoms with Crippen molar-refractivity contribution in [2.75, 3.05) is 0 Å². The van der Waals surface area contributed by atoms with Crippen molar-refractivity contribution in [2.45, 2.75) is 84.2 Å². The minimum atomic E-state index is 0.220. The zero-order chi connectivity index (χ0) is 18.7. The first-order chi connectivity index (χ1) is 12.5. The number of aromatic amines is 1. The van der Waals surface area contributed by atoms with E-state index < -0.39 is 0 Å². The van der Waals surface area contributed by atoms with Gasteiger partial charge in [0.05, 0.1) is 17.4 Å². The van der Waals surface area contributed by atoms with E-state index in [0.29, 0.717) is 11.8 Å². The molecule has 0 bridgehead atoms. The smallest absolute Gasteiger partial charge is 0.141 e. The van der Waals surface area contributed by atoms with Gasteiger partial charge in [0.15, 0.2) is 0 Å². The van der Waals surface area contributed by atoms with Crippen LogP contribution in [0, 0.1) is 0 Å². The van der Waals surface area contributed by atoms with Crippen molar-refractivity contribution in [2.24, 2.45) is 0 Å². The second kappa shape index (κ2) is 8.15. The number of ether oxygens (including phenoxy) is 1. The van der Waals surface area contributed by atoms with Crippen LogP contribution in [-0.4, -0.2) is 21.2 Å². The zero-order valence-electron chi connectivity index (χ0n) is 16.5. The molecular weight excluding hydrogens is 324 g/mol. The number of phenols is 1. The van der Waals surface area contributed by atoms with E-state index in [2.05, 4.69) is 32.7 Å². The molecule has 1 unspecified atom stereocenters. The average Bonchev–Trinajstić information content (AvgIpc) is 3.07. The molecule has 0 aliphatic heterocycles. The summed E-state index contributed by atoms with van der Waals surface area (Å²) < 4.78 is 6.06. The second-order valence-corrected chi connectivity index (χ2v) is 7.91. The van der Waals surface area contributed by atoms with Crippen LogP contribution in [0.5, 0.6) is 11.5 Å². The van der Waals surface area contributed by atoms with Crippen molar-refractivity contribution in [3.8, 4) is 22.9 Å². The maximum atomic E-state index is 10.6. The molecule has 1 aliphatic carbocycles. The molecule has 26 heavy (non-hydrogen) atoms. The van der Waals surface area contributed by atoms with E-state index in [-0.39, 0.29) is 11.9 Å². The molecule has 1 aliphatic rings. The number of benzene rings is 1. The third-order valence-corrected chi connectivity index (χ3v) is 5.49. The number of H-pyrrole nitrogens is 1. The van der Waals surface area contributed by atoms with Crippen LogP contribution in [0.25, 0.3) is 11.4 Å². The Labute approximate surface area is 157 Å². The number of aromatic hydroxyl groups is 1. The van der Waals surface area contributed by atoms with Gasteiger partial charge in [0, 0.05) is 11.8 Å². The lowest BCUT2D eigenvalue weighted by atomic mass is 9.98. The van der Waals surface area contributed by atoms with Gasteiger partial charge in [-0.1, -0.05) is 34.1 Å². The lowest BCUT2D eigenvalue weighted by molar-refractivity contribution is 0.154. The van der Waals surface area contributed by atoms with Gasteiger partial charge in [-0.2, -0.15) is 0 Å². The molecular formula is C22H32N2O2. The second-order valence-electron chi connectivity index (χ2n) is 7.91. The third kappa shape index (κ3) is 4.05. The number of rotatable bonds is 6. The molecule has 1 saturated carbocycles. The first-order valence-corrected chi connectivity index (χ1v) is 10.1. The number of hydrogen-bond acceptors (Lipinski definition) is 3. The molecule has 1 heterocycles. The molecule has 0 radical (unpaired) electrons. The van der Waals surface area contributed by atoms with Gasteiger partial charge in [-0.05, 0) is 56.1 Å². The first-order valence-electron chi connectivity index (χ1n) is 10.1. The quantitative estimate of drug-likeness (QED) is 0.654. The highest BCUT2D eigenvalue weighted by atomic mass is 16.5. The van der Waals surface area contributed by atoms with Crippen LogP contribution in [0.15, 0.2) is 18.2 Å². The highest BCUT2D eigenvalue weighted by Gasteiger charge is 2.20. The van der Waals surface area contributed by atoms with Crippen LogP contribution < -0.4 is 4.74 Å². The average molecular weight is 357 g/mol. The molecule has 4 heteroatoms. The Morgan fingerprint density at radius 2 is 1.92 bits per heavy atom. The van der Waals surface area contributed by atoms with Crippen molar-refractivity contribution in [1.29, 1.82) is 0 Å². The Morgan fingerprint density at radius 3 is 2.54 bits per heavy atom. The SMILES string of the molecule is CCC(C)c1[nH]c(-c2ccc(OC3CCCCC3)cc2O)nc1C(C)C. The van der Waals surface area contributed by atoms with Gasteiger partial charge in [0.1, 0.15) is 17.3 Å². The first kappa shape index (κ1) is 18.8. The molecule has 1 atom stereocenters. The minimum absolute atomic E-state index is 0.220. The van der Waals surface area contributed by atoms with E-state index in [0.717, 1.165) is 42.1 Å². The fourth-order valence-corrected chi connectivity index (χ4v) is 3.71. The van der Waals surface area contributed by atoms with Gasteiger partial charge in [-0.3, -0.25) is 0 Å². The van der Waals surface area contributed by atoms with E-state index in [9.17, 15) is 5.11 Å². The zero-order valence-corrected chi connectivity index (χ0v) is 16.5. The number of phenolic OH excluding ortho intramolecular Hbond substituents is 1. The minimum Gasteiger partial charge on any atom is -0.507 e. The lowest BCUT2D eigenvalue weighted by Gasteiger charge is -2.23. The summed E-state index contributed by atoms with van der Waals surface area (Å²) in [6, 6.07) is 5.59. The summed E-state index contributed by atoms with van der Waals surface area (Å²) in [6.07, 6.45) is 7.32. The Hall–Kier alpha value is -1.97. The molecule has 1 aromatic carbocycles. The summed E-state index contributed by atoms with van der Waals surface area (Å²) in [5, 5.41) is 10.6. The standard InChI is InChI=1S/C22H32N2O2/c1-5-15(4)21-20(14(2)3)23-22(24-21)18-12-11-17(13-19(18)25)26-16-9-7-6-8-10-16/h11-16,25H,5-10H2,1-4H3,(H,23,24).